The fourth-order valence-corrected chi connectivity index (χ4v) is 1.51. The first-order valence-corrected chi connectivity index (χ1v) is 6.08. The van der Waals surface area contributed by atoms with Crippen LogP contribution in [-0.2, 0) is 4.79 Å². The molecule has 0 bridgehead atoms. The maximum atomic E-state index is 11.9. The highest BCUT2D eigenvalue weighted by Crippen LogP contribution is 2.30. The number of hydrogen-bond acceptors (Lipinski definition) is 2. The van der Waals surface area contributed by atoms with E-state index >= 15 is 0 Å². The first-order chi connectivity index (χ1) is 6.80. The molecule has 0 unspecified atom stereocenters. The van der Waals surface area contributed by atoms with Crippen LogP contribution in [0.3, 0.4) is 0 Å². The molecule has 15 heavy (non-hydrogen) atoms. The number of carbonyl (C=O) groups is 1. The molecule has 2 nitrogen and oxygen atoms in total. The van der Waals surface area contributed by atoms with E-state index in [1.807, 2.05) is 20.8 Å². The van der Waals surface area contributed by atoms with E-state index in [0.29, 0.717) is 18.4 Å². The van der Waals surface area contributed by atoms with Gasteiger partial charge in [0.05, 0.1) is 6.54 Å². The van der Waals surface area contributed by atoms with Gasteiger partial charge in [0.2, 0.25) is 0 Å². The number of rotatable bonds is 5. The normalized spacial score (nSPS) is 17.5. The van der Waals surface area contributed by atoms with Crippen molar-refractivity contribution in [2.75, 3.05) is 13.1 Å². The summed E-state index contributed by atoms with van der Waals surface area (Å²) in [7, 11) is 0. The summed E-state index contributed by atoms with van der Waals surface area (Å²) in [5, 5.41) is 0. The van der Waals surface area contributed by atoms with Gasteiger partial charge in [0, 0.05) is 18.0 Å². The highest BCUT2D eigenvalue weighted by atomic mass is 16.1. The van der Waals surface area contributed by atoms with Gasteiger partial charge in [-0.2, -0.15) is 0 Å². The maximum absolute atomic E-state index is 11.9. The van der Waals surface area contributed by atoms with Crippen molar-refractivity contribution < 1.29 is 4.79 Å². The minimum absolute atomic E-state index is 0.198. The third-order valence-corrected chi connectivity index (χ3v) is 3.10. The van der Waals surface area contributed by atoms with Crippen LogP contribution in [0.2, 0.25) is 0 Å². The summed E-state index contributed by atoms with van der Waals surface area (Å²) < 4.78 is 0. The number of ketones is 1. The van der Waals surface area contributed by atoms with E-state index in [2.05, 4.69) is 18.7 Å². The molecule has 1 aliphatic rings. The Hall–Kier alpha value is -0.370. The fraction of sp³-hybridized carbons (Fsp3) is 0.923. The van der Waals surface area contributed by atoms with Crippen molar-refractivity contribution in [3.63, 3.8) is 0 Å². The zero-order chi connectivity index (χ0) is 11.6. The molecule has 0 radical (unpaired) electrons. The van der Waals surface area contributed by atoms with Gasteiger partial charge in [-0.25, -0.2) is 0 Å². The second-order valence-electron chi connectivity index (χ2n) is 6.14. The summed E-state index contributed by atoms with van der Waals surface area (Å²) in [6.07, 6.45) is 2.71. The second-order valence-corrected chi connectivity index (χ2v) is 6.14. The lowest BCUT2D eigenvalue weighted by molar-refractivity contribution is -0.128. The molecule has 88 valence electrons. The van der Waals surface area contributed by atoms with Crippen molar-refractivity contribution in [1.82, 2.24) is 4.90 Å². The molecule has 2 heteroatoms. The molecule has 1 saturated carbocycles. The van der Waals surface area contributed by atoms with Gasteiger partial charge in [0.25, 0.3) is 0 Å². The summed E-state index contributed by atoms with van der Waals surface area (Å²) in [6.45, 7) is 12.1. The molecule has 0 heterocycles. The van der Waals surface area contributed by atoms with Crippen molar-refractivity contribution in [2.24, 2.45) is 11.3 Å². The fourth-order valence-electron chi connectivity index (χ4n) is 1.51. The Morgan fingerprint density at radius 2 is 1.87 bits per heavy atom. The number of hydrogen-bond donors (Lipinski definition) is 0. The number of Topliss-reactive ketones (excluding diaryl/α,β-unsaturated/α-hetero) is 1. The molecule has 0 atom stereocenters. The molecule has 0 saturated heterocycles. The Morgan fingerprint density at radius 3 is 2.20 bits per heavy atom. The van der Waals surface area contributed by atoms with E-state index < -0.39 is 0 Å². The van der Waals surface area contributed by atoms with Crippen LogP contribution in [0.4, 0.5) is 0 Å². The van der Waals surface area contributed by atoms with E-state index in [-0.39, 0.29) is 5.41 Å². The van der Waals surface area contributed by atoms with Gasteiger partial charge in [-0.05, 0) is 32.6 Å². The van der Waals surface area contributed by atoms with Crippen LogP contribution in [-0.4, -0.2) is 29.8 Å². The first-order valence-electron chi connectivity index (χ1n) is 6.08. The minimum Gasteiger partial charge on any atom is -0.298 e. The predicted molar refractivity (Wildman–Crippen MR) is 63.9 cm³/mol. The zero-order valence-corrected chi connectivity index (χ0v) is 10.8. The van der Waals surface area contributed by atoms with Gasteiger partial charge in [0.15, 0.2) is 5.78 Å². The summed E-state index contributed by atoms with van der Waals surface area (Å²) in [5.74, 6) is 1.22. The van der Waals surface area contributed by atoms with E-state index in [0.717, 1.165) is 12.5 Å². The Balaban J connectivity index is 2.46. The molecule has 1 aliphatic carbocycles. The maximum Gasteiger partial charge on any atom is 0.152 e. The van der Waals surface area contributed by atoms with E-state index in [1.54, 1.807) is 0 Å². The predicted octanol–water partition coefficient (Wildman–Crippen LogP) is 2.72. The summed E-state index contributed by atoms with van der Waals surface area (Å²) in [6, 6.07) is 0.483. The van der Waals surface area contributed by atoms with Gasteiger partial charge in [-0.3, -0.25) is 9.69 Å². The van der Waals surface area contributed by atoms with Crippen molar-refractivity contribution in [3.05, 3.63) is 0 Å². The average molecular weight is 211 g/mol. The molecule has 0 aromatic rings. The Kier molecular flexibility index (Phi) is 3.93. The lowest BCUT2D eigenvalue weighted by Gasteiger charge is -2.28. The lowest BCUT2D eigenvalue weighted by atomic mass is 9.90. The highest BCUT2D eigenvalue weighted by Gasteiger charge is 2.29. The van der Waals surface area contributed by atoms with Crippen molar-refractivity contribution in [2.45, 2.75) is 53.5 Å². The van der Waals surface area contributed by atoms with Crippen molar-refractivity contribution in [3.8, 4) is 0 Å². The Bertz CT molecular complexity index is 223. The van der Waals surface area contributed by atoms with Crippen LogP contribution >= 0.6 is 0 Å². The SMILES string of the molecule is CC(C)N(CC(=O)C(C)(C)C)CC1CC1. The van der Waals surface area contributed by atoms with Crippen LogP contribution in [0.1, 0.15) is 47.5 Å². The van der Waals surface area contributed by atoms with Crippen LogP contribution in [0, 0.1) is 11.3 Å². The molecule has 0 aromatic heterocycles. The molecular weight excluding hydrogens is 186 g/mol. The van der Waals surface area contributed by atoms with Crippen LogP contribution in [0.25, 0.3) is 0 Å². The average Bonchev–Trinajstić information content (AvgIpc) is 2.84. The molecule has 0 N–H and O–H groups in total. The standard InChI is InChI=1S/C13H25NO/c1-10(2)14(8-11-6-7-11)9-12(15)13(3,4)5/h10-11H,6-9H2,1-5H3. The highest BCUT2D eigenvalue weighted by molar-refractivity contribution is 5.85. The molecule has 0 aliphatic heterocycles. The van der Waals surface area contributed by atoms with Crippen molar-refractivity contribution >= 4 is 5.78 Å². The first kappa shape index (κ1) is 12.7. The molecule has 0 aromatic carbocycles. The molecule has 1 fully saturated rings. The Labute approximate surface area is 94.0 Å². The van der Waals surface area contributed by atoms with Crippen molar-refractivity contribution in [1.29, 1.82) is 0 Å². The van der Waals surface area contributed by atoms with E-state index in [1.165, 1.54) is 12.8 Å². The number of carbonyl (C=O) groups excluding carboxylic acids is 1. The third kappa shape index (κ3) is 4.33. The van der Waals surface area contributed by atoms with Gasteiger partial charge < -0.3 is 0 Å². The Morgan fingerprint density at radius 1 is 1.33 bits per heavy atom. The summed E-state index contributed by atoms with van der Waals surface area (Å²) in [5.41, 5.74) is -0.198. The zero-order valence-electron chi connectivity index (χ0n) is 10.8. The molecule has 0 spiro atoms. The van der Waals surface area contributed by atoms with Gasteiger partial charge in [0.1, 0.15) is 0 Å². The molecule has 1 rings (SSSR count). The molecular formula is C13H25NO. The second kappa shape index (κ2) is 4.65. The van der Waals surface area contributed by atoms with Crippen LogP contribution < -0.4 is 0 Å². The minimum atomic E-state index is -0.198. The van der Waals surface area contributed by atoms with Crippen LogP contribution in [0.15, 0.2) is 0 Å². The third-order valence-electron chi connectivity index (χ3n) is 3.10. The summed E-state index contributed by atoms with van der Waals surface area (Å²) in [4.78, 5) is 14.3. The van der Waals surface area contributed by atoms with E-state index in [4.69, 9.17) is 0 Å². The molecule has 0 amide bonds. The smallest absolute Gasteiger partial charge is 0.152 e. The lowest BCUT2D eigenvalue weighted by Crippen LogP contribution is -2.40. The summed E-state index contributed by atoms with van der Waals surface area (Å²) >= 11 is 0. The van der Waals surface area contributed by atoms with E-state index in [9.17, 15) is 4.79 Å². The number of nitrogens with zero attached hydrogens (tertiary/aromatic N) is 1. The van der Waals surface area contributed by atoms with Gasteiger partial charge >= 0.3 is 0 Å². The topological polar surface area (TPSA) is 20.3 Å². The largest absolute Gasteiger partial charge is 0.298 e. The van der Waals surface area contributed by atoms with Crippen LogP contribution in [0.5, 0.6) is 0 Å². The van der Waals surface area contributed by atoms with Gasteiger partial charge in [-0.1, -0.05) is 20.8 Å². The van der Waals surface area contributed by atoms with Gasteiger partial charge in [-0.15, -0.1) is 0 Å². The quantitative estimate of drug-likeness (QED) is 0.697. The monoisotopic (exact) mass is 211 g/mol.